The summed E-state index contributed by atoms with van der Waals surface area (Å²) >= 11 is 0. The van der Waals surface area contributed by atoms with E-state index in [1.165, 1.54) is 0 Å². The fraction of sp³-hybridized carbons (Fsp3) is 0.240. The molecule has 0 spiro atoms. The first kappa shape index (κ1) is 23.3. The average Bonchev–Trinajstić information content (AvgIpc) is 2.76. The Labute approximate surface area is 189 Å². The summed E-state index contributed by atoms with van der Waals surface area (Å²) in [7, 11) is -3.76. The van der Waals surface area contributed by atoms with E-state index in [2.05, 4.69) is 10.0 Å². The predicted octanol–water partition coefficient (Wildman–Crippen LogP) is 4.99. The molecular formula is C25H28N2O4S. The van der Waals surface area contributed by atoms with Crippen molar-refractivity contribution in [2.45, 2.75) is 38.6 Å². The van der Waals surface area contributed by atoms with Crippen LogP contribution in [-0.4, -0.2) is 20.9 Å². The van der Waals surface area contributed by atoms with Crippen molar-refractivity contribution in [3.63, 3.8) is 0 Å². The second kappa shape index (κ2) is 9.87. The van der Waals surface area contributed by atoms with E-state index in [1.807, 2.05) is 45.0 Å². The van der Waals surface area contributed by atoms with E-state index in [0.717, 1.165) is 16.9 Å². The van der Waals surface area contributed by atoms with Gasteiger partial charge in [-0.25, -0.2) is 8.42 Å². The summed E-state index contributed by atoms with van der Waals surface area (Å²) in [6.45, 7) is 8.03. The minimum Gasteiger partial charge on any atom is -0.494 e. The highest BCUT2D eigenvalue weighted by molar-refractivity contribution is 7.92. The Kier molecular flexibility index (Phi) is 7.20. The molecule has 32 heavy (non-hydrogen) atoms. The van der Waals surface area contributed by atoms with E-state index in [1.54, 1.807) is 49.4 Å². The molecule has 0 radical (unpaired) electrons. The van der Waals surface area contributed by atoms with Gasteiger partial charge in [0.25, 0.3) is 15.9 Å². The molecule has 6 nitrogen and oxygen atoms in total. The van der Waals surface area contributed by atoms with Gasteiger partial charge in [-0.2, -0.15) is 0 Å². The second-order valence-corrected chi connectivity index (χ2v) is 9.28. The molecule has 3 aromatic carbocycles. The van der Waals surface area contributed by atoms with E-state index in [9.17, 15) is 13.2 Å². The number of benzene rings is 3. The number of hydrogen-bond acceptors (Lipinski definition) is 4. The Balaban J connectivity index is 1.76. The van der Waals surface area contributed by atoms with Crippen molar-refractivity contribution >= 4 is 21.6 Å². The molecule has 1 amide bonds. The smallest absolute Gasteiger partial charge is 0.261 e. The number of anilines is 1. The SMILES string of the molecule is CCOc1ccc([C@@H](C)NC(=O)c2cccc(NS(=O)(=O)c3ccc(C)cc3)c2C)cc1. The van der Waals surface area contributed by atoms with Gasteiger partial charge < -0.3 is 10.1 Å². The van der Waals surface area contributed by atoms with Crippen LogP contribution in [0.1, 0.15) is 46.9 Å². The summed E-state index contributed by atoms with van der Waals surface area (Å²) in [6.07, 6.45) is 0. The molecule has 3 rings (SSSR count). The van der Waals surface area contributed by atoms with Gasteiger partial charge >= 0.3 is 0 Å². The van der Waals surface area contributed by atoms with E-state index in [-0.39, 0.29) is 16.8 Å². The van der Waals surface area contributed by atoms with Crippen molar-refractivity contribution in [1.29, 1.82) is 0 Å². The normalized spacial score (nSPS) is 12.1. The van der Waals surface area contributed by atoms with Gasteiger partial charge in [-0.15, -0.1) is 0 Å². The van der Waals surface area contributed by atoms with Crippen LogP contribution in [0.5, 0.6) is 5.75 Å². The summed E-state index contributed by atoms with van der Waals surface area (Å²) < 4.78 is 33.6. The first-order chi connectivity index (χ1) is 15.2. The van der Waals surface area contributed by atoms with Crippen molar-refractivity contribution < 1.29 is 17.9 Å². The van der Waals surface area contributed by atoms with Gasteiger partial charge in [-0.05, 0) is 75.2 Å². The molecule has 1 atom stereocenters. The quantitative estimate of drug-likeness (QED) is 0.504. The van der Waals surface area contributed by atoms with Crippen molar-refractivity contribution in [2.24, 2.45) is 0 Å². The molecule has 168 valence electrons. The maximum atomic E-state index is 12.9. The molecule has 0 aliphatic carbocycles. The molecule has 0 saturated heterocycles. The first-order valence-corrected chi connectivity index (χ1v) is 11.9. The third kappa shape index (κ3) is 5.48. The fourth-order valence-electron chi connectivity index (χ4n) is 3.29. The summed E-state index contributed by atoms with van der Waals surface area (Å²) in [6, 6.07) is 18.9. The first-order valence-electron chi connectivity index (χ1n) is 10.4. The number of ether oxygens (including phenoxy) is 1. The van der Waals surface area contributed by atoms with Crippen molar-refractivity contribution in [2.75, 3.05) is 11.3 Å². The van der Waals surface area contributed by atoms with Gasteiger partial charge in [0.15, 0.2) is 0 Å². The van der Waals surface area contributed by atoms with E-state index >= 15 is 0 Å². The second-order valence-electron chi connectivity index (χ2n) is 7.59. The standard InChI is InChI=1S/C25H28N2O4S/c1-5-31-21-13-11-20(12-14-21)19(4)26-25(28)23-7-6-8-24(18(23)3)27-32(29,30)22-15-9-17(2)10-16-22/h6-16,19,27H,5H2,1-4H3,(H,26,28)/t19-/m1/s1. The van der Waals surface area contributed by atoms with Crippen LogP contribution >= 0.6 is 0 Å². The molecule has 0 bridgehead atoms. The molecule has 0 heterocycles. The third-order valence-corrected chi connectivity index (χ3v) is 6.57. The minimum absolute atomic E-state index is 0.168. The Morgan fingerprint density at radius 1 is 0.969 bits per heavy atom. The van der Waals surface area contributed by atoms with Crippen LogP contribution < -0.4 is 14.8 Å². The van der Waals surface area contributed by atoms with Crippen LogP contribution in [0.15, 0.2) is 71.6 Å². The molecule has 3 aromatic rings. The number of nitrogens with one attached hydrogen (secondary N) is 2. The Morgan fingerprint density at radius 2 is 1.62 bits per heavy atom. The molecule has 0 saturated carbocycles. The van der Waals surface area contributed by atoms with Crippen molar-refractivity contribution in [1.82, 2.24) is 5.32 Å². The molecule has 0 aromatic heterocycles. The van der Waals surface area contributed by atoms with Crippen LogP contribution in [0.4, 0.5) is 5.69 Å². The zero-order chi connectivity index (χ0) is 23.3. The average molecular weight is 453 g/mol. The predicted molar refractivity (Wildman–Crippen MR) is 127 cm³/mol. The summed E-state index contributed by atoms with van der Waals surface area (Å²) in [5.41, 5.74) is 3.24. The third-order valence-electron chi connectivity index (χ3n) is 5.19. The lowest BCUT2D eigenvalue weighted by atomic mass is 10.0. The lowest BCUT2D eigenvalue weighted by molar-refractivity contribution is 0.0939. The van der Waals surface area contributed by atoms with E-state index in [4.69, 9.17) is 4.74 Å². The van der Waals surface area contributed by atoms with Crippen LogP contribution in [0.2, 0.25) is 0 Å². The van der Waals surface area contributed by atoms with Gasteiger partial charge in [0.1, 0.15) is 5.75 Å². The van der Waals surface area contributed by atoms with Gasteiger partial charge in [0.2, 0.25) is 0 Å². The number of sulfonamides is 1. The number of hydrogen-bond donors (Lipinski definition) is 2. The van der Waals surface area contributed by atoms with Gasteiger partial charge in [-0.3, -0.25) is 9.52 Å². The van der Waals surface area contributed by atoms with E-state index in [0.29, 0.717) is 23.4 Å². The monoisotopic (exact) mass is 452 g/mol. The molecule has 2 N–H and O–H groups in total. The number of amides is 1. The summed E-state index contributed by atoms with van der Waals surface area (Å²) in [5.74, 6) is 0.499. The lowest BCUT2D eigenvalue weighted by Crippen LogP contribution is -2.27. The van der Waals surface area contributed by atoms with Gasteiger partial charge in [-0.1, -0.05) is 35.9 Å². The highest BCUT2D eigenvalue weighted by Gasteiger charge is 2.19. The fourth-order valence-corrected chi connectivity index (χ4v) is 4.41. The number of rotatable bonds is 8. The number of carbonyl (C=O) groups excluding carboxylic acids is 1. The van der Waals surface area contributed by atoms with Crippen molar-refractivity contribution in [3.8, 4) is 5.75 Å². The zero-order valence-electron chi connectivity index (χ0n) is 18.7. The topological polar surface area (TPSA) is 84.5 Å². The zero-order valence-corrected chi connectivity index (χ0v) is 19.5. The molecule has 0 aliphatic heterocycles. The van der Waals surface area contributed by atoms with Crippen LogP contribution in [-0.2, 0) is 10.0 Å². The summed E-state index contributed by atoms with van der Waals surface area (Å²) in [5, 5.41) is 2.98. The Bertz CT molecular complexity index is 1190. The Morgan fingerprint density at radius 3 is 2.25 bits per heavy atom. The van der Waals surface area contributed by atoms with Crippen LogP contribution in [0, 0.1) is 13.8 Å². The Hall–Kier alpha value is -3.32. The maximum Gasteiger partial charge on any atom is 0.261 e. The molecule has 0 fully saturated rings. The van der Waals surface area contributed by atoms with Gasteiger partial charge in [0.05, 0.1) is 23.2 Å². The van der Waals surface area contributed by atoms with Crippen LogP contribution in [0.3, 0.4) is 0 Å². The largest absolute Gasteiger partial charge is 0.494 e. The number of carbonyl (C=O) groups is 1. The van der Waals surface area contributed by atoms with Crippen LogP contribution in [0.25, 0.3) is 0 Å². The maximum absolute atomic E-state index is 12.9. The van der Waals surface area contributed by atoms with E-state index < -0.39 is 10.0 Å². The minimum atomic E-state index is -3.76. The molecular weight excluding hydrogens is 424 g/mol. The van der Waals surface area contributed by atoms with Crippen molar-refractivity contribution in [3.05, 3.63) is 89.0 Å². The highest BCUT2D eigenvalue weighted by Crippen LogP contribution is 2.24. The summed E-state index contributed by atoms with van der Waals surface area (Å²) in [4.78, 5) is 13.1. The highest BCUT2D eigenvalue weighted by atomic mass is 32.2. The van der Waals surface area contributed by atoms with Gasteiger partial charge in [0, 0.05) is 5.56 Å². The molecule has 0 aliphatic rings. The molecule has 7 heteroatoms. The lowest BCUT2D eigenvalue weighted by Gasteiger charge is -2.17. The number of aryl methyl sites for hydroxylation is 1. The molecule has 0 unspecified atom stereocenters.